The number of aliphatic hydroxyl groups is 1. The molecule has 130 valence electrons. The van der Waals surface area contributed by atoms with Crippen LogP contribution in [0.4, 0.5) is 0 Å². The van der Waals surface area contributed by atoms with Crippen LogP contribution in [-0.4, -0.2) is 71.9 Å². The maximum absolute atomic E-state index is 10.5. The zero-order valence-corrected chi connectivity index (χ0v) is 14.7. The number of morpholine rings is 1. The highest BCUT2D eigenvalue weighted by atomic mass is 32.1. The maximum Gasteiger partial charge on any atom is 0.111 e. The lowest BCUT2D eigenvalue weighted by Crippen LogP contribution is -2.44. The SMILES string of the molecule is O[C@@H](CN1CCOCC1)CN1CCC[C@@H]1c1nc2ccccc2s1. The largest absolute Gasteiger partial charge is 0.390 e. The molecule has 2 saturated heterocycles. The molecule has 3 heterocycles. The Labute approximate surface area is 146 Å². The van der Waals surface area contributed by atoms with Gasteiger partial charge in [-0.3, -0.25) is 9.80 Å². The number of hydrogen-bond donors (Lipinski definition) is 1. The average Bonchev–Trinajstić information content (AvgIpc) is 3.21. The van der Waals surface area contributed by atoms with Gasteiger partial charge in [0, 0.05) is 26.2 Å². The molecule has 6 heteroatoms. The third-order valence-corrected chi connectivity index (χ3v) is 6.11. The highest BCUT2D eigenvalue weighted by Crippen LogP contribution is 2.36. The van der Waals surface area contributed by atoms with Crippen molar-refractivity contribution in [2.45, 2.75) is 25.0 Å². The van der Waals surface area contributed by atoms with E-state index in [1.54, 1.807) is 11.3 Å². The Balaban J connectivity index is 1.40. The Kier molecular flexibility index (Phi) is 5.10. The van der Waals surface area contributed by atoms with Gasteiger partial charge in [-0.2, -0.15) is 0 Å². The fourth-order valence-corrected chi connectivity index (χ4v) is 4.90. The first kappa shape index (κ1) is 16.4. The molecule has 0 radical (unpaired) electrons. The maximum atomic E-state index is 10.5. The number of rotatable bonds is 5. The molecule has 24 heavy (non-hydrogen) atoms. The summed E-state index contributed by atoms with van der Waals surface area (Å²) in [6.07, 6.45) is 2.02. The molecule has 4 rings (SSSR count). The number of β-amino-alcohol motifs (C(OH)–C–C–N with tert-alkyl or cyclic N) is 1. The normalized spacial score (nSPS) is 24.6. The summed E-state index contributed by atoms with van der Waals surface area (Å²) in [5, 5.41) is 11.7. The Morgan fingerprint density at radius 2 is 2.04 bits per heavy atom. The van der Waals surface area contributed by atoms with E-state index in [0.29, 0.717) is 6.04 Å². The third kappa shape index (κ3) is 3.63. The molecule has 5 nitrogen and oxygen atoms in total. The highest BCUT2D eigenvalue weighted by molar-refractivity contribution is 7.18. The van der Waals surface area contributed by atoms with E-state index in [2.05, 4.69) is 28.0 Å². The number of aliphatic hydroxyl groups excluding tert-OH is 1. The summed E-state index contributed by atoms with van der Waals surface area (Å²) in [4.78, 5) is 9.56. The molecular formula is C18H25N3O2S. The average molecular weight is 347 g/mol. The van der Waals surface area contributed by atoms with Gasteiger partial charge >= 0.3 is 0 Å². The summed E-state index contributed by atoms with van der Waals surface area (Å²) in [7, 11) is 0. The van der Waals surface area contributed by atoms with E-state index in [0.717, 1.165) is 57.9 Å². The van der Waals surface area contributed by atoms with Crippen LogP contribution in [0.2, 0.25) is 0 Å². The van der Waals surface area contributed by atoms with E-state index in [4.69, 9.17) is 9.72 Å². The number of para-hydroxylation sites is 1. The van der Waals surface area contributed by atoms with E-state index in [-0.39, 0.29) is 6.10 Å². The van der Waals surface area contributed by atoms with Crippen molar-refractivity contribution in [3.05, 3.63) is 29.3 Å². The fraction of sp³-hybridized carbons (Fsp3) is 0.611. The van der Waals surface area contributed by atoms with E-state index >= 15 is 0 Å². The number of hydrogen-bond acceptors (Lipinski definition) is 6. The topological polar surface area (TPSA) is 48.8 Å². The van der Waals surface area contributed by atoms with Crippen molar-refractivity contribution in [2.75, 3.05) is 45.9 Å². The summed E-state index contributed by atoms with van der Waals surface area (Å²) in [6.45, 7) is 5.96. The van der Waals surface area contributed by atoms with Gasteiger partial charge in [-0.15, -0.1) is 11.3 Å². The number of likely N-dealkylation sites (tertiary alicyclic amines) is 1. The summed E-state index contributed by atoms with van der Waals surface area (Å²) in [5.74, 6) is 0. The standard InChI is InChI=1S/C18H25N3O2S/c22-14(12-20-8-10-23-11-9-20)13-21-7-3-5-16(21)18-19-15-4-1-2-6-17(15)24-18/h1-2,4,6,14,16,22H,3,5,7-13H2/t14-,16+/m0/s1. The van der Waals surface area contributed by atoms with Gasteiger partial charge in [-0.25, -0.2) is 4.98 Å². The molecule has 0 amide bonds. The second-order valence-corrected chi connectivity index (χ2v) is 7.80. The van der Waals surface area contributed by atoms with Crippen molar-refractivity contribution in [1.29, 1.82) is 0 Å². The second-order valence-electron chi connectivity index (χ2n) is 6.74. The molecule has 0 spiro atoms. The van der Waals surface area contributed by atoms with Gasteiger partial charge in [-0.1, -0.05) is 12.1 Å². The van der Waals surface area contributed by atoms with Crippen molar-refractivity contribution >= 4 is 21.6 Å². The molecule has 2 fully saturated rings. The molecule has 2 aliphatic rings. The molecule has 0 saturated carbocycles. The summed E-state index contributed by atoms with van der Waals surface area (Å²) < 4.78 is 6.64. The van der Waals surface area contributed by atoms with Gasteiger partial charge in [0.15, 0.2) is 0 Å². The van der Waals surface area contributed by atoms with Crippen LogP contribution < -0.4 is 0 Å². The van der Waals surface area contributed by atoms with E-state index in [1.807, 2.05) is 6.07 Å². The highest BCUT2D eigenvalue weighted by Gasteiger charge is 2.30. The lowest BCUT2D eigenvalue weighted by Gasteiger charge is -2.31. The second kappa shape index (κ2) is 7.45. The molecule has 2 aliphatic heterocycles. The van der Waals surface area contributed by atoms with Gasteiger partial charge in [-0.05, 0) is 31.5 Å². The van der Waals surface area contributed by atoms with Crippen LogP contribution in [0.25, 0.3) is 10.2 Å². The molecule has 0 bridgehead atoms. The molecule has 2 atom stereocenters. The van der Waals surface area contributed by atoms with Crippen molar-refractivity contribution in [1.82, 2.24) is 14.8 Å². The van der Waals surface area contributed by atoms with Crippen molar-refractivity contribution in [3.63, 3.8) is 0 Å². The summed E-state index contributed by atoms with van der Waals surface area (Å²) >= 11 is 1.80. The number of benzene rings is 1. The van der Waals surface area contributed by atoms with E-state index in [1.165, 1.54) is 16.1 Å². The quantitative estimate of drug-likeness (QED) is 0.898. The number of fused-ring (bicyclic) bond motifs is 1. The van der Waals surface area contributed by atoms with Gasteiger partial charge in [0.05, 0.1) is 35.6 Å². The Hall–Kier alpha value is -1.05. The molecule has 1 aromatic heterocycles. The summed E-state index contributed by atoms with van der Waals surface area (Å²) in [6, 6.07) is 8.71. The van der Waals surface area contributed by atoms with Gasteiger partial charge < -0.3 is 9.84 Å². The number of ether oxygens (including phenoxy) is 1. The molecule has 0 aliphatic carbocycles. The number of thiazole rings is 1. The lowest BCUT2D eigenvalue weighted by molar-refractivity contribution is 0.00585. The first-order chi connectivity index (χ1) is 11.8. The molecule has 1 N–H and O–H groups in total. The van der Waals surface area contributed by atoms with Crippen LogP contribution in [0.5, 0.6) is 0 Å². The smallest absolute Gasteiger partial charge is 0.111 e. The minimum Gasteiger partial charge on any atom is -0.390 e. The predicted molar refractivity (Wildman–Crippen MR) is 96.4 cm³/mol. The fourth-order valence-electron chi connectivity index (χ4n) is 3.77. The Morgan fingerprint density at radius 3 is 2.88 bits per heavy atom. The van der Waals surface area contributed by atoms with Crippen molar-refractivity contribution in [3.8, 4) is 0 Å². The molecular weight excluding hydrogens is 322 g/mol. The van der Waals surface area contributed by atoms with Crippen LogP contribution in [0.15, 0.2) is 24.3 Å². The van der Waals surface area contributed by atoms with Crippen LogP contribution in [0, 0.1) is 0 Å². The third-order valence-electron chi connectivity index (χ3n) is 4.98. The first-order valence-corrected chi connectivity index (χ1v) is 9.69. The van der Waals surface area contributed by atoms with Crippen molar-refractivity contribution in [2.24, 2.45) is 0 Å². The van der Waals surface area contributed by atoms with Gasteiger partial charge in [0.1, 0.15) is 5.01 Å². The van der Waals surface area contributed by atoms with E-state index < -0.39 is 0 Å². The Morgan fingerprint density at radius 1 is 1.21 bits per heavy atom. The van der Waals surface area contributed by atoms with Gasteiger partial charge in [0.25, 0.3) is 0 Å². The van der Waals surface area contributed by atoms with Crippen molar-refractivity contribution < 1.29 is 9.84 Å². The number of aromatic nitrogens is 1. The Bertz CT molecular complexity index is 638. The molecule has 0 unspecified atom stereocenters. The van der Waals surface area contributed by atoms with Crippen LogP contribution in [-0.2, 0) is 4.74 Å². The lowest BCUT2D eigenvalue weighted by atomic mass is 10.2. The van der Waals surface area contributed by atoms with Gasteiger partial charge in [0.2, 0.25) is 0 Å². The summed E-state index contributed by atoms with van der Waals surface area (Å²) in [5.41, 5.74) is 1.10. The number of nitrogens with zero attached hydrogens (tertiary/aromatic N) is 3. The van der Waals surface area contributed by atoms with E-state index in [9.17, 15) is 5.11 Å². The minimum atomic E-state index is -0.307. The molecule has 2 aromatic rings. The van der Waals surface area contributed by atoms with Crippen LogP contribution >= 0.6 is 11.3 Å². The monoisotopic (exact) mass is 347 g/mol. The minimum absolute atomic E-state index is 0.307. The zero-order valence-electron chi connectivity index (χ0n) is 13.9. The molecule has 1 aromatic carbocycles. The van der Waals surface area contributed by atoms with Crippen LogP contribution in [0.3, 0.4) is 0 Å². The first-order valence-electron chi connectivity index (χ1n) is 8.87. The predicted octanol–water partition coefficient (Wildman–Crippen LogP) is 2.13. The van der Waals surface area contributed by atoms with Crippen LogP contribution in [0.1, 0.15) is 23.9 Å². The zero-order chi connectivity index (χ0) is 16.4.